The molecular weight excluding hydrogens is 352 g/mol. The average molecular weight is 370 g/mol. The lowest BCUT2D eigenvalue weighted by Crippen LogP contribution is -2.00. The Morgan fingerprint density at radius 3 is 1.64 bits per heavy atom. The Kier molecular flexibility index (Phi) is 4.93. The summed E-state index contributed by atoms with van der Waals surface area (Å²) >= 11 is 0. The quantitative estimate of drug-likeness (QED) is 0.522. The summed E-state index contributed by atoms with van der Waals surface area (Å²) in [5, 5.41) is 8.84. The molecule has 0 fully saturated rings. The molecule has 4 aromatic rings. The fourth-order valence-corrected chi connectivity index (χ4v) is 2.84. The van der Waals surface area contributed by atoms with E-state index in [1.807, 2.05) is 60.7 Å². The lowest BCUT2D eigenvalue weighted by Gasteiger charge is -2.11. The Morgan fingerprint density at radius 1 is 0.571 bits per heavy atom. The molecule has 4 rings (SSSR count). The zero-order chi connectivity index (χ0) is 19.3. The fraction of sp³-hybridized carbons (Fsp3) is 0.0909. The van der Waals surface area contributed by atoms with Crippen molar-refractivity contribution in [2.24, 2.45) is 0 Å². The second-order valence-corrected chi connectivity index (χ2v) is 6.03. The smallest absolute Gasteiger partial charge is 0.182 e. The largest absolute Gasteiger partial charge is 0.497 e. The molecule has 0 bridgehead atoms. The van der Waals surface area contributed by atoms with E-state index in [-0.39, 0.29) is 0 Å². The van der Waals surface area contributed by atoms with E-state index < -0.39 is 0 Å². The van der Waals surface area contributed by atoms with Gasteiger partial charge in [-0.2, -0.15) is 0 Å². The third kappa shape index (κ3) is 3.53. The molecule has 0 N–H and O–H groups in total. The van der Waals surface area contributed by atoms with Crippen molar-refractivity contribution in [2.45, 2.75) is 0 Å². The highest BCUT2D eigenvalue weighted by Crippen LogP contribution is 2.31. The first kappa shape index (κ1) is 17.6. The molecule has 6 nitrogen and oxygen atoms in total. The van der Waals surface area contributed by atoms with Crippen LogP contribution in [0.2, 0.25) is 0 Å². The fourth-order valence-electron chi connectivity index (χ4n) is 2.84. The van der Waals surface area contributed by atoms with Gasteiger partial charge in [-0.15, -0.1) is 10.2 Å². The number of methoxy groups -OCH3 is 2. The van der Waals surface area contributed by atoms with Crippen molar-refractivity contribution in [3.8, 4) is 45.4 Å². The van der Waals surface area contributed by atoms with Gasteiger partial charge in [-0.05, 0) is 60.7 Å². The third-order valence-corrected chi connectivity index (χ3v) is 4.35. The van der Waals surface area contributed by atoms with Gasteiger partial charge in [0.25, 0.3) is 0 Å². The van der Waals surface area contributed by atoms with Crippen LogP contribution < -0.4 is 9.47 Å². The number of benzene rings is 2. The van der Waals surface area contributed by atoms with E-state index >= 15 is 0 Å². The Balaban J connectivity index is 1.86. The first-order valence-electron chi connectivity index (χ1n) is 8.72. The SMILES string of the molecule is COc1ccc(-c2nnc(-c3ccncc3)nc2-c2ccc(OC)cc2)cc1. The van der Waals surface area contributed by atoms with Crippen molar-refractivity contribution >= 4 is 0 Å². The molecule has 0 spiro atoms. The molecule has 0 aliphatic heterocycles. The Morgan fingerprint density at radius 2 is 1.11 bits per heavy atom. The maximum absolute atomic E-state index is 5.27. The molecule has 2 aromatic heterocycles. The van der Waals surface area contributed by atoms with E-state index in [9.17, 15) is 0 Å². The summed E-state index contributed by atoms with van der Waals surface area (Å²) in [6.45, 7) is 0. The van der Waals surface area contributed by atoms with Crippen molar-refractivity contribution in [3.05, 3.63) is 73.1 Å². The molecule has 0 unspecified atom stereocenters. The van der Waals surface area contributed by atoms with E-state index in [1.165, 1.54) is 0 Å². The van der Waals surface area contributed by atoms with Gasteiger partial charge in [0.15, 0.2) is 5.82 Å². The van der Waals surface area contributed by atoms with Gasteiger partial charge in [-0.25, -0.2) is 4.98 Å². The predicted octanol–water partition coefficient (Wildman–Crippen LogP) is 4.28. The number of ether oxygens (including phenoxy) is 2. The van der Waals surface area contributed by atoms with Crippen LogP contribution in [0.15, 0.2) is 73.1 Å². The summed E-state index contributed by atoms with van der Waals surface area (Å²) in [7, 11) is 3.29. The van der Waals surface area contributed by atoms with Crippen molar-refractivity contribution < 1.29 is 9.47 Å². The van der Waals surface area contributed by atoms with Gasteiger partial charge in [0.05, 0.1) is 14.2 Å². The van der Waals surface area contributed by atoms with Crippen LogP contribution in [-0.2, 0) is 0 Å². The minimum Gasteiger partial charge on any atom is -0.497 e. The molecule has 2 heterocycles. The summed E-state index contributed by atoms with van der Waals surface area (Å²) in [5.74, 6) is 2.11. The second-order valence-electron chi connectivity index (χ2n) is 6.03. The lowest BCUT2D eigenvalue weighted by molar-refractivity contribution is 0.414. The summed E-state index contributed by atoms with van der Waals surface area (Å²) < 4.78 is 10.5. The monoisotopic (exact) mass is 370 g/mol. The van der Waals surface area contributed by atoms with Gasteiger partial charge < -0.3 is 9.47 Å². The van der Waals surface area contributed by atoms with E-state index in [0.29, 0.717) is 11.5 Å². The van der Waals surface area contributed by atoms with Crippen LogP contribution in [0.3, 0.4) is 0 Å². The molecule has 0 radical (unpaired) electrons. The van der Waals surface area contributed by atoms with Gasteiger partial charge in [0, 0.05) is 29.1 Å². The molecule has 6 heteroatoms. The highest BCUT2D eigenvalue weighted by molar-refractivity contribution is 5.79. The molecule has 0 amide bonds. The number of aromatic nitrogens is 4. The van der Waals surface area contributed by atoms with Gasteiger partial charge in [0.1, 0.15) is 22.9 Å². The summed E-state index contributed by atoms with van der Waals surface area (Å²) in [4.78, 5) is 8.86. The summed E-state index contributed by atoms with van der Waals surface area (Å²) in [5.41, 5.74) is 4.14. The van der Waals surface area contributed by atoms with Gasteiger partial charge >= 0.3 is 0 Å². The van der Waals surface area contributed by atoms with E-state index in [1.54, 1.807) is 26.6 Å². The van der Waals surface area contributed by atoms with Crippen molar-refractivity contribution in [1.82, 2.24) is 20.2 Å². The highest BCUT2D eigenvalue weighted by Gasteiger charge is 2.15. The number of rotatable bonds is 5. The predicted molar refractivity (Wildman–Crippen MR) is 107 cm³/mol. The Labute approximate surface area is 162 Å². The maximum atomic E-state index is 5.27. The minimum absolute atomic E-state index is 0.547. The summed E-state index contributed by atoms with van der Waals surface area (Å²) in [6.07, 6.45) is 3.42. The van der Waals surface area contributed by atoms with E-state index in [4.69, 9.17) is 14.5 Å². The van der Waals surface area contributed by atoms with Crippen LogP contribution in [-0.4, -0.2) is 34.4 Å². The highest BCUT2D eigenvalue weighted by atomic mass is 16.5. The maximum Gasteiger partial charge on any atom is 0.182 e. The van der Waals surface area contributed by atoms with Gasteiger partial charge in [-0.3, -0.25) is 4.98 Å². The number of hydrogen-bond acceptors (Lipinski definition) is 6. The molecule has 0 saturated carbocycles. The molecule has 138 valence electrons. The molecule has 2 aromatic carbocycles. The molecular formula is C22H18N4O2. The lowest BCUT2D eigenvalue weighted by atomic mass is 10.0. The number of nitrogens with zero attached hydrogens (tertiary/aromatic N) is 4. The van der Waals surface area contributed by atoms with Crippen molar-refractivity contribution in [3.63, 3.8) is 0 Å². The average Bonchev–Trinajstić information content (AvgIpc) is 2.79. The number of hydrogen-bond donors (Lipinski definition) is 0. The van der Waals surface area contributed by atoms with Crippen LogP contribution in [0.1, 0.15) is 0 Å². The van der Waals surface area contributed by atoms with Crippen molar-refractivity contribution in [2.75, 3.05) is 14.2 Å². The van der Waals surface area contributed by atoms with E-state index in [0.717, 1.165) is 33.9 Å². The van der Waals surface area contributed by atoms with Crippen LogP contribution >= 0.6 is 0 Å². The van der Waals surface area contributed by atoms with Crippen LogP contribution in [0.25, 0.3) is 33.9 Å². The standard InChI is InChI=1S/C22H18N4O2/c1-27-18-7-3-15(4-8-18)20-21(16-5-9-19(28-2)10-6-16)25-26-22(24-20)17-11-13-23-14-12-17/h3-14H,1-2H3. The van der Waals surface area contributed by atoms with Crippen LogP contribution in [0.5, 0.6) is 11.5 Å². The topological polar surface area (TPSA) is 70.0 Å². The molecule has 0 atom stereocenters. The minimum atomic E-state index is 0.547. The third-order valence-electron chi connectivity index (χ3n) is 4.35. The van der Waals surface area contributed by atoms with Gasteiger partial charge in [0.2, 0.25) is 0 Å². The zero-order valence-electron chi connectivity index (χ0n) is 15.5. The molecule has 0 saturated heterocycles. The van der Waals surface area contributed by atoms with Crippen LogP contribution in [0.4, 0.5) is 0 Å². The first-order chi connectivity index (χ1) is 13.8. The molecule has 0 aliphatic rings. The first-order valence-corrected chi connectivity index (χ1v) is 8.72. The normalized spacial score (nSPS) is 10.5. The van der Waals surface area contributed by atoms with Crippen LogP contribution in [0, 0.1) is 0 Å². The zero-order valence-corrected chi connectivity index (χ0v) is 15.5. The van der Waals surface area contributed by atoms with Gasteiger partial charge in [-0.1, -0.05) is 0 Å². The molecule has 0 aliphatic carbocycles. The summed E-state index contributed by atoms with van der Waals surface area (Å²) in [6, 6.07) is 19.1. The Bertz CT molecular complexity index is 1070. The molecule has 28 heavy (non-hydrogen) atoms. The number of pyridine rings is 1. The van der Waals surface area contributed by atoms with Crippen molar-refractivity contribution in [1.29, 1.82) is 0 Å². The second kappa shape index (κ2) is 7.84. The van der Waals surface area contributed by atoms with E-state index in [2.05, 4.69) is 15.2 Å². The Hall–Kier alpha value is -3.80.